The van der Waals surface area contributed by atoms with E-state index in [1.54, 1.807) is 0 Å². The van der Waals surface area contributed by atoms with Crippen molar-refractivity contribution in [2.75, 3.05) is 26.2 Å². The van der Waals surface area contributed by atoms with Crippen LogP contribution in [0, 0.1) is 0 Å². The first-order chi connectivity index (χ1) is 13.7. The molecule has 0 saturated carbocycles. The number of nitrogens with zero attached hydrogens (tertiary/aromatic N) is 2. The van der Waals surface area contributed by atoms with E-state index in [9.17, 15) is 5.11 Å². The minimum absolute atomic E-state index is 0.268. The van der Waals surface area contributed by atoms with Crippen LogP contribution in [0.1, 0.15) is 18.2 Å². The van der Waals surface area contributed by atoms with Gasteiger partial charge in [0.05, 0.1) is 12.7 Å². The number of aromatic amines is 1. The maximum absolute atomic E-state index is 10.2. The quantitative estimate of drug-likeness (QED) is 0.662. The van der Waals surface area contributed by atoms with Gasteiger partial charge in [-0.1, -0.05) is 48.5 Å². The molecule has 148 valence electrons. The first-order valence-electron chi connectivity index (χ1n) is 10.1. The first-order valence-corrected chi connectivity index (χ1v) is 10.1. The number of piperazine rings is 1. The summed E-state index contributed by atoms with van der Waals surface area (Å²) in [5.74, 6) is 0. The van der Waals surface area contributed by atoms with Crippen molar-refractivity contribution in [1.82, 2.24) is 14.8 Å². The van der Waals surface area contributed by atoms with Crippen molar-refractivity contribution in [2.45, 2.75) is 32.4 Å². The Morgan fingerprint density at radius 2 is 1.71 bits per heavy atom. The molecule has 2 aromatic carbocycles. The second-order valence-corrected chi connectivity index (χ2v) is 7.62. The number of aliphatic hydroxyl groups excluding tert-OH is 1. The van der Waals surface area contributed by atoms with Crippen molar-refractivity contribution in [3.63, 3.8) is 0 Å². The Morgan fingerprint density at radius 3 is 2.43 bits per heavy atom. The smallest absolute Gasteiger partial charge is 0.137 e. The van der Waals surface area contributed by atoms with Crippen molar-refractivity contribution in [3.05, 3.63) is 71.9 Å². The molecular weight excluding hydrogens is 350 g/mol. The zero-order chi connectivity index (χ0) is 19.3. The van der Waals surface area contributed by atoms with Gasteiger partial charge >= 0.3 is 0 Å². The lowest BCUT2D eigenvalue weighted by Gasteiger charge is -2.40. The Bertz CT molecular complexity index is 837. The molecular formula is C23H29N3O2. The highest BCUT2D eigenvalue weighted by molar-refractivity contribution is 5.80. The van der Waals surface area contributed by atoms with E-state index in [1.807, 2.05) is 25.1 Å². The third-order valence-corrected chi connectivity index (χ3v) is 5.42. The van der Waals surface area contributed by atoms with Gasteiger partial charge in [0.15, 0.2) is 0 Å². The highest BCUT2D eigenvalue weighted by Gasteiger charge is 2.27. The molecule has 5 heteroatoms. The summed E-state index contributed by atoms with van der Waals surface area (Å²) < 4.78 is 6.07. The van der Waals surface area contributed by atoms with Gasteiger partial charge in [0, 0.05) is 43.9 Å². The van der Waals surface area contributed by atoms with E-state index in [2.05, 4.69) is 57.2 Å². The lowest BCUT2D eigenvalue weighted by molar-refractivity contribution is -0.137. The van der Waals surface area contributed by atoms with Gasteiger partial charge in [0.1, 0.15) is 6.23 Å². The van der Waals surface area contributed by atoms with Gasteiger partial charge in [0.2, 0.25) is 0 Å². The minimum Gasteiger partial charge on any atom is -0.389 e. The molecule has 2 atom stereocenters. The van der Waals surface area contributed by atoms with Crippen LogP contribution in [-0.2, 0) is 17.9 Å². The van der Waals surface area contributed by atoms with Gasteiger partial charge in [-0.3, -0.25) is 9.80 Å². The average molecular weight is 380 g/mol. The lowest BCUT2D eigenvalue weighted by Crippen LogP contribution is -2.53. The highest BCUT2D eigenvalue weighted by atomic mass is 16.5. The molecule has 1 aliphatic rings. The number of H-pyrrole nitrogens is 1. The van der Waals surface area contributed by atoms with Crippen LogP contribution in [-0.4, -0.2) is 58.4 Å². The van der Waals surface area contributed by atoms with E-state index in [1.165, 1.54) is 16.6 Å². The summed E-state index contributed by atoms with van der Waals surface area (Å²) in [6.45, 7) is 6.97. The molecule has 0 bridgehead atoms. The van der Waals surface area contributed by atoms with E-state index in [0.717, 1.165) is 38.3 Å². The van der Waals surface area contributed by atoms with Crippen LogP contribution in [0.2, 0.25) is 0 Å². The number of para-hydroxylation sites is 1. The van der Waals surface area contributed by atoms with E-state index >= 15 is 0 Å². The van der Waals surface area contributed by atoms with Gasteiger partial charge in [-0.25, -0.2) is 0 Å². The molecule has 2 N–H and O–H groups in total. The maximum Gasteiger partial charge on any atom is 0.137 e. The van der Waals surface area contributed by atoms with E-state index in [-0.39, 0.29) is 6.23 Å². The van der Waals surface area contributed by atoms with E-state index < -0.39 is 6.10 Å². The topological polar surface area (TPSA) is 51.7 Å². The fourth-order valence-electron chi connectivity index (χ4n) is 3.94. The Kier molecular flexibility index (Phi) is 6.07. The molecule has 1 saturated heterocycles. The third kappa shape index (κ3) is 4.62. The monoisotopic (exact) mass is 379 g/mol. The van der Waals surface area contributed by atoms with Gasteiger partial charge < -0.3 is 14.8 Å². The Balaban J connectivity index is 1.31. The largest absolute Gasteiger partial charge is 0.389 e. The van der Waals surface area contributed by atoms with Crippen molar-refractivity contribution in [3.8, 4) is 0 Å². The Labute approximate surface area is 166 Å². The molecule has 1 fully saturated rings. The molecule has 5 nitrogen and oxygen atoms in total. The number of rotatable bonds is 7. The van der Waals surface area contributed by atoms with Crippen LogP contribution in [0.25, 0.3) is 10.9 Å². The number of benzene rings is 2. The van der Waals surface area contributed by atoms with Gasteiger partial charge in [-0.15, -0.1) is 0 Å². The summed E-state index contributed by atoms with van der Waals surface area (Å²) in [7, 11) is 0. The summed E-state index contributed by atoms with van der Waals surface area (Å²) >= 11 is 0. The predicted molar refractivity (Wildman–Crippen MR) is 112 cm³/mol. The number of fused-ring (bicyclic) bond motifs is 1. The highest BCUT2D eigenvalue weighted by Crippen LogP contribution is 2.18. The lowest BCUT2D eigenvalue weighted by atomic mass is 10.2. The zero-order valence-electron chi connectivity index (χ0n) is 16.4. The summed E-state index contributed by atoms with van der Waals surface area (Å²) in [5.41, 5.74) is 3.58. The second-order valence-electron chi connectivity index (χ2n) is 7.62. The van der Waals surface area contributed by atoms with Crippen LogP contribution < -0.4 is 0 Å². The van der Waals surface area contributed by atoms with Crippen molar-refractivity contribution in [2.24, 2.45) is 0 Å². The maximum atomic E-state index is 10.2. The molecule has 0 amide bonds. The summed E-state index contributed by atoms with van der Waals surface area (Å²) in [4.78, 5) is 8.23. The van der Waals surface area contributed by atoms with Crippen LogP contribution in [0.5, 0.6) is 0 Å². The number of ether oxygens (including phenoxy) is 1. The average Bonchev–Trinajstić information content (AvgIpc) is 3.12. The number of nitrogens with one attached hydrogen (secondary N) is 1. The molecule has 0 aliphatic carbocycles. The third-order valence-electron chi connectivity index (χ3n) is 5.42. The summed E-state index contributed by atoms with van der Waals surface area (Å²) in [6, 6.07) is 20.8. The van der Waals surface area contributed by atoms with Crippen molar-refractivity contribution >= 4 is 10.9 Å². The Morgan fingerprint density at radius 1 is 1.00 bits per heavy atom. The van der Waals surface area contributed by atoms with E-state index in [4.69, 9.17) is 4.74 Å². The van der Waals surface area contributed by atoms with Gasteiger partial charge in [0.25, 0.3) is 0 Å². The van der Waals surface area contributed by atoms with Crippen molar-refractivity contribution < 1.29 is 9.84 Å². The van der Waals surface area contributed by atoms with Crippen LogP contribution in [0.15, 0.2) is 60.7 Å². The molecule has 1 aliphatic heterocycles. The molecule has 28 heavy (non-hydrogen) atoms. The normalized spacial score (nSPS) is 18.4. The number of hydrogen-bond donors (Lipinski definition) is 2. The fourth-order valence-corrected chi connectivity index (χ4v) is 3.94. The number of hydrogen-bond acceptors (Lipinski definition) is 4. The molecule has 2 heterocycles. The van der Waals surface area contributed by atoms with Crippen LogP contribution in [0.4, 0.5) is 0 Å². The van der Waals surface area contributed by atoms with Crippen LogP contribution in [0.3, 0.4) is 0 Å². The summed E-state index contributed by atoms with van der Waals surface area (Å²) in [5, 5.41) is 11.5. The van der Waals surface area contributed by atoms with Gasteiger partial charge in [-0.05, 0) is 30.0 Å². The molecule has 3 aromatic rings. The fraction of sp³-hybridized carbons (Fsp3) is 0.391. The zero-order valence-corrected chi connectivity index (χ0v) is 16.4. The minimum atomic E-state index is -0.524. The molecule has 1 aromatic heterocycles. The predicted octanol–water partition coefficient (Wildman–Crippen LogP) is 3.21. The van der Waals surface area contributed by atoms with Gasteiger partial charge in [-0.2, -0.15) is 0 Å². The van der Waals surface area contributed by atoms with Crippen molar-refractivity contribution in [1.29, 1.82) is 0 Å². The Hall–Kier alpha value is -2.18. The SMILES string of the molecule is CC(O)C(OCc1ccccc1)N1CCN(Cc2cc3ccccc3[nH]2)CC1. The molecule has 0 radical (unpaired) electrons. The molecule has 0 spiro atoms. The van der Waals surface area contributed by atoms with Crippen LogP contribution >= 0.6 is 0 Å². The number of aliphatic hydroxyl groups is 1. The summed E-state index contributed by atoms with van der Waals surface area (Å²) in [6.07, 6.45) is -0.792. The standard InChI is InChI=1S/C23H29N3O2/c1-18(27)23(28-17-19-7-3-2-4-8-19)26-13-11-25(12-14-26)16-21-15-20-9-5-6-10-22(20)24-21/h2-10,15,18,23-24,27H,11-14,16-17H2,1H3. The van der Waals surface area contributed by atoms with E-state index in [0.29, 0.717) is 6.61 Å². The molecule has 4 rings (SSSR count). The molecule has 2 unspecified atom stereocenters. The first kappa shape index (κ1) is 19.2. The second kappa shape index (κ2) is 8.88. The number of aromatic nitrogens is 1.